The zero-order valence-corrected chi connectivity index (χ0v) is 11.9. The van der Waals surface area contributed by atoms with E-state index in [9.17, 15) is 13.2 Å². The Balaban J connectivity index is 2.27. The summed E-state index contributed by atoms with van der Waals surface area (Å²) in [5, 5.41) is 0. The van der Waals surface area contributed by atoms with Gasteiger partial charge in [-0.15, -0.1) is 0 Å². The van der Waals surface area contributed by atoms with Crippen LogP contribution in [0.2, 0.25) is 0 Å². The van der Waals surface area contributed by atoms with E-state index in [0.717, 1.165) is 25.7 Å². The van der Waals surface area contributed by atoms with Crippen LogP contribution in [0.4, 0.5) is 0 Å². The van der Waals surface area contributed by atoms with E-state index >= 15 is 0 Å². The highest BCUT2D eigenvalue weighted by molar-refractivity contribution is 7.89. The zero-order valence-electron chi connectivity index (χ0n) is 11.1. The molecule has 2 rings (SSSR count). The van der Waals surface area contributed by atoms with E-state index in [1.807, 2.05) is 13.8 Å². The molecule has 104 valence electrons. The first-order chi connectivity index (χ1) is 8.43. The van der Waals surface area contributed by atoms with Gasteiger partial charge in [-0.1, -0.05) is 20.3 Å². The summed E-state index contributed by atoms with van der Waals surface area (Å²) >= 11 is 0. The molecule has 1 amide bonds. The maximum atomic E-state index is 12.2. The molecule has 2 aliphatic heterocycles. The smallest absolute Gasteiger partial charge is 0.226 e. The second-order valence-corrected chi connectivity index (χ2v) is 7.48. The molecule has 18 heavy (non-hydrogen) atoms. The average molecular weight is 274 g/mol. The van der Waals surface area contributed by atoms with Crippen LogP contribution in [0.15, 0.2) is 0 Å². The van der Waals surface area contributed by atoms with E-state index in [-0.39, 0.29) is 23.7 Å². The first-order valence-corrected chi connectivity index (χ1v) is 8.34. The first kappa shape index (κ1) is 13.8. The van der Waals surface area contributed by atoms with Crippen LogP contribution in [0, 0.1) is 5.92 Å². The molecular weight excluding hydrogens is 252 g/mol. The third kappa shape index (κ3) is 2.54. The van der Waals surface area contributed by atoms with Crippen molar-refractivity contribution in [3.63, 3.8) is 0 Å². The van der Waals surface area contributed by atoms with Crippen molar-refractivity contribution in [3.05, 3.63) is 0 Å². The fourth-order valence-electron chi connectivity index (χ4n) is 2.77. The zero-order chi connectivity index (χ0) is 13.3. The van der Waals surface area contributed by atoms with Crippen LogP contribution < -0.4 is 0 Å². The molecule has 0 aromatic rings. The van der Waals surface area contributed by atoms with E-state index in [4.69, 9.17) is 0 Å². The van der Waals surface area contributed by atoms with E-state index in [0.29, 0.717) is 13.1 Å². The van der Waals surface area contributed by atoms with Crippen molar-refractivity contribution in [3.8, 4) is 0 Å². The van der Waals surface area contributed by atoms with Gasteiger partial charge in [-0.05, 0) is 19.3 Å². The van der Waals surface area contributed by atoms with Crippen molar-refractivity contribution in [2.24, 2.45) is 5.92 Å². The van der Waals surface area contributed by atoms with Gasteiger partial charge in [0.2, 0.25) is 15.9 Å². The van der Waals surface area contributed by atoms with Gasteiger partial charge in [0.15, 0.2) is 0 Å². The van der Waals surface area contributed by atoms with Crippen molar-refractivity contribution in [1.82, 2.24) is 9.21 Å². The Morgan fingerprint density at radius 1 is 1.17 bits per heavy atom. The molecule has 0 aliphatic carbocycles. The van der Waals surface area contributed by atoms with Crippen molar-refractivity contribution >= 4 is 15.9 Å². The Morgan fingerprint density at radius 2 is 1.89 bits per heavy atom. The molecule has 5 nitrogen and oxygen atoms in total. The summed E-state index contributed by atoms with van der Waals surface area (Å²) in [6.07, 6.45) is 3.49. The highest BCUT2D eigenvalue weighted by Crippen LogP contribution is 2.27. The third-order valence-electron chi connectivity index (χ3n) is 3.76. The Kier molecular flexibility index (Phi) is 3.96. The minimum atomic E-state index is -3.16. The van der Waals surface area contributed by atoms with Gasteiger partial charge < -0.3 is 4.90 Å². The number of hydrogen-bond donors (Lipinski definition) is 0. The normalized spacial score (nSPS) is 28.8. The minimum Gasteiger partial charge on any atom is -0.325 e. The van der Waals surface area contributed by atoms with E-state index in [2.05, 4.69) is 0 Å². The molecule has 0 radical (unpaired) electrons. The van der Waals surface area contributed by atoms with Gasteiger partial charge in [0, 0.05) is 19.0 Å². The first-order valence-electron chi connectivity index (χ1n) is 6.73. The fraction of sp³-hybridized carbons (Fsp3) is 0.917. The van der Waals surface area contributed by atoms with Gasteiger partial charge in [-0.2, -0.15) is 4.31 Å². The Morgan fingerprint density at radius 3 is 2.56 bits per heavy atom. The number of sulfonamides is 1. The van der Waals surface area contributed by atoms with Crippen LogP contribution in [0.1, 0.15) is 39.5 Å². The second kappa shape index (κ2) is 5.17. The topological polar surface area (TPSA) is 57.7 Å². The molecule has 0 saturated carbocycles. The average Bonchev–Trinajstić information content (AvgIpc) is 2.54. The number of carbonyl (C=O) groups is 1. The Hall–Kier alpha value is -0.620. The molecule has 2 heterocycles. The summed E-state index contributed by atoms with van der Waals surface area (Å²) in [7, 11) is -3.16. The number of hydrogen-bond acceptors (Lipinski definition) is 3. The molecule has 0 bridgehead atoms. The van der Waals surface area contributed by atoms with Crippen LogP contribution in [-0.2, 0) is 14.8 Å². The fourth-order valence-corrected chi connectivity index (χ4v) is 4.43. The molecule has 0 N–H and O–H groups in total. The van der Waals surface area contributed by atoms with E-state index in [1.54, 1.807) is 9.21 Å². The number of carbonyl (C=O) groups excluding carboxylic acids is 1. The van der Waals surface area contributed by atoms with Crippen molar-refractivity contribution in [2.45, 2.75) is 45.7 Å². The number of amides is 1. The van der Waals surface area contributed by atoms with Gasteiger partial charge in [-0.25, -0.2) is 8.42 Å². The highest BCUT2D eigenvalue weighted by Gasteiger charge is 2.41. The summed E-state index contributed by atoms with van der Waals surface area (Å²) in [5.74, 6) is 0.0693. The van der Waals surface area contributed by atoms with Gasteiger partial charge in [0.05, 0.1) is 11.9 Å². The van der Waals surface area contributed by atoms with Gasteiger partial charge in [0.25, 0.3) is 0 Å². The molecule has 6 heteroatoms. The minimum absolute atomic E-state index is 0.0711. The largest absolute Gasteiger partial charge is 0.325 e. The molecule has 1 atom stereocenters. The molecule has 2 fully saturated rings. The molecule has 2 aliphatic rings. The molecule has 0 aromatic carbocycles. The molecular formula is C12H22N2O3S. The quantitative estimate of drug-likeness (QED) is 0.717. The summed E-state index contributed by atoms with van der Waals surface area (Å²) in [6.45, 7) is 4.65. The van der Waals surface area contributed by atoms with Gasteiger partial charge >= 0.3 is 0 Å². The van der Waals surface area contributed by atoms with Crippen LogP contribution in [-0.4, -0.2) is 48.5 Å². The summed E-state index contributed by atoms with van der Waals surface area (Å²) in [5.41, 5.74) is 0. The molecule has 1 unspecified atom stereocenters. The van der Waals surface area contributed by atoms with Crippen molar-refractivity contribution in [1.29, 1.82) is 0 Å². The van der Waals surface area contributed by atoms with Gasteiger partial charge in [-0.3, -0.25) is 4.79 Å². The Labute approximate surface area is 109 Å². The summed E-state index contributed by atoms with van der Waals surface area (Å²) in [6, 6.07) is 0. The monoisotopic (exact) mass is 274 g/mol. The van der Waals surface area contributed by atoms with E-state index in [1.165, 1.54) is 0 Å². The summed E-state index contributed by atoms with van der Waals surface area (Å²) in [4.78, 5) is 14.0. The van der Waals surface area contributed by atoms with Crippen molar-refractivity contribution in [2.75, 3.05) is 18.8 Å². The molecule has 2 saturated heterocycles. The van der Waals surface area contributed by atoms with E-state index < -0.39 is 10.0 Å². The highest BCUT2D eigenvalue weighted by atomic mass is 32.2. The lowest BCUT2D eigenvalue weighted by Crippen LogP contribution is -2.60. The molecule has 0 spiro atoms. The molecule has 0 aromatic heterocycles. The number of fused-ring (bicyclic) bond motifs is 1. The predicted octanol–water partition coefficient (Wildman–Crippen LogP) is 1.02. The number of rotatable bonds is 1. The maximum Gasteiger partial charge on any atom is 0.226 e. The van der Waals surface area contributed by atoms with Crippen LogP contribution in [0.25, 0.3) is 0 Å². The van der Waals surface area contributed by atoms with Crippen molar-refractivity contribution < 1.29 is 13.2 Å². The standard InChI is InChI=1S/C12H22N2O3S/c1-10(2)12(15)13-8-9-18(16,17)14-7-5-3-4-6-11(13)14/h10-11H,3-9H2,1-2H3. The van der Waals surface area contributed by atoms with Crippen LogP contribution in [0.3, 0.4) is 0 Å². The second-order valence-electron chi connectivity index (χ2n) is 5.44. The van der Waals surface area contributed by atoms with Crippen LogP contribution in [0.5, 0.6) is 0 Å². The lowest BCUT2D eigenvalue weighted by molar-refractivity contribution is -0.139. The Bertz CT molecular complexity index is 419. The van der Waals surface area contributed by atoms with Gasteiger partial charge in [0.1, 0.15) is 0 Å². The predicted molar refractivity (Wildman–Crippen MR) is 69.3 cm³/mol. The number of nitrogens with zero attached hydrogens (tertiary/aromatic N) is 2. The lowest BCUT2D eigenvalue weighted by Gasteiger charge is -2.42. The third-order valence-corrected chi connectivity index (χ3v) is 5.60. The SMILES string of the molecule is CC(C)C(=O)N1CCS(=O)(=O)N2CCCCCC12. The maximum absolute atomic E-state index is 12.2. The summed E-state index contributed by atoms with van der Waals surface area (Å²) < 4.78 is 25.7. The van der Waals surface area contributed by atoms with Crippen LogP contribution >= 0.6 is 0 Å². The lowest BCUT2D eigenvalue weighted by atomic mass is 10.1.